The second-order valence-corrected chi connectivity index (χ2v) is 7.62. The summed E-state index contributed by atoms with van der Waals surface area (Å²) in [4.78, 5) is 6.59. The van der Waals surface area contributed by atoms with Gasteiger partial charge in [-0.15, -0.1) is 24.0 Å². The molecular weight excluding hydrogens is 427 g/mol. The Balaban J connectivity index is 0.00000576. The first-order valence-electron chi connectivity index (χ1n) is 9.69. The van der Waals surface area contributed by atoms with Crippen LogP contribution in [0.4, 0.5) is 0 Å². The molecule has 1 atom stereocenters. The van der Waals surface area contributed by atoms with Gasteiger partial charge in [0.2, 0.25) is 0 Å². The van der Waals surface area contributed by atoms with Crippen LogP contribution in [0, 0.1) is 11.8 Å². The third-order valence-electron chi connectivity index (χ3n) is 5.08. The molecular formula is C19H41IN4O. The third-order valence-corrected chi connectivity index (χ3v) is 5.08. The van der Waals surface area contributed by atoms with Gasteiger partial charge in [-0.1, -0.05) is 13.8 Å². The van der Waals surface area contributed by atoms with E-state index in [9.17, 15) is 0 Å². The Morgan fingerprint density at radius 2 is 1.84 bits per heavy atom. The smallest absolute Gasteiger partial charge is 0.191 e. The van der Waals surface area contributed by atoms with Crippen LogP contribution in [0.5, 0.6) is 0 Å². The molecule has 0 amide bonds. The molecule has 0 aromatic heterocycles. The molecule has 1 fully saturated rings. The molecule has 150 valence electrons. The highest BCUT2D eigenvalue weighted by atomic mass is 127. The summed E-state index contributed by atoms with van der Waals surface area (Å²) in [5.74, 6) is 2.62. The molecule has 2 N–H and O–H groups in total. The SMILES string of the molecule is CCOC(CCN(C)C)CNC(=NC)NC1CCC(C(C)C)CC1.I. The molecule has 0 heterocycles. The van der Waals surface area contributed by atoms with Crippen molar-refractivity contribution in [3.05, 3.63) is 0 Å². The predicted octanol–water partition coefficient (Wildman–Crippen LogP) is 3.34. The number of guanidine groups is 1. The van der Waals surface area contributed by atoms with Gasteiger partial charge in [0.1, 0.15) is 0 Å². The Hall–Kier alpha value is -0.0800. The number of aliphatic imine (C=N–C) groups is 1. The van der Waals surface area contributed by atoms with Gasteiger partial charge in [0.15, 0.2) is 5.96 Å². The number of nitrogens with one attached hydrogen (secondary N) is 2. The van der Waals surface area contributed by atoms with Crippen LogP contribution in [0.15, 0.2) is 4.99 Å². The number of hydrogen-bond acceptors (Lipinski definition) is 3. The van der Waals surface area contributed by atoms with E-state index in [0.29, 0.717) is 6.04 Å². The lowest BCUT2D eigenvalue weighted by molar-refractivity contribution is 0.0547. The second kappa shape index (κ2) is 14.0. The van der Waals surface area contributed by atoms with Crippen LogP contribution >= 0.6 is 24.0 Å². The van der Waals surface area contributed by atoms with Crippen molar-refractivity contribution >= 4 is 29.9 Å². The number of ether oxygens (including phenoxy) is 1. The molecule has 25 heavy (non-hydrogen) atoms. The quantitative estimate of drug-likeness (QED) is 0.310. The minimum atomic E-state index is 0. The van der Waals surface area contributed by atoms with E-state index in [1.165, 1.54) is 25.7 Å². The van der Waals surface area contributed by atoms with Crippen LogP contribution < -0.4 is 10.6 Å². The minimum Gasteiger partial charge on any atom is -0.377 e. The van der Waals surface area contributed by atoms with Gasteiger partial charge in [-0.3, -0.25) is 4.99 Å². The molecule has 0 aliphatic heterocycles. The lowest BCUT2D eigenvalue weighted by Gasteiger charge is -2.32. The van der Waals surface area contributed by atoms with Crippen LogP contribution in [0.25, 0.3) is 0 Å². The molecule has 0 aromatic carbocycles. The monoisotopic (exact) mass is 468 g/mol. The van der Waals surface area contributed by atoms with Crippen LogP contribution in [0.2, 0.25) is 0 Å². The Labute approximate surface area is 172 Å². The topological polar surface area (TPSA) is 48.9 Å². The molecule has 1 unspecified atom stereocenters. The summed E-state index contributed by atoms with van der Waals surface area (Å²) in [7, 11) is 6.05. The van der Waals surface area contributed by atoms with Crippen LogP contribution in [0.1, 0.15) is 52.9 Å². The molecule has 0 radical (unpaired) electrons. The first-order valence-corrected chi connectivity index (χ1v) is 9.69. The summed E-state index contributed by atoms with van der Waals surface area (Å²) in [6.45, 7) is 9.36. The maximum Gasteiger partial charge on any atom is 0.191 e. The summed E-state index contributed by atoms with van der Waals surface area (Å²) in [5, 5.41) is 7.06. The molecule has 1 rings (SSSR count). The fraction of sp³-hybridized carbons (Fsp3) is 0.947. The van der Waals surface area contributed by atoms with E-state index in [2.05, 4.69) is 55.4 Å². The Morgan fingerprint density at radius 1 is 1.20 bits per heavy atom. The second-order valence-electron chi connectivity index (χ2n) is 7.62. The van der Waals surface area contributed by atoms with E-state index in [0.717, 1.165) is 43.9 Å². The molecule has 0 spiro atoms. The standard InChI is InChI=1S/C19H40N4O.HI/c1-7-24-18(12-13-23(5)6)14-21-19(20-4)22-17-10-8-16(9-11-17)15(2)3;/h15-18H,7-14H2,1-6H3,(H2,20,21,22);1H. The summed E-state index contributed by atoms with van der Waals surface area (Å²) >= 11 is 0. The Bertz CT molecular complexity index is 355. The average Bonchev–Trinajstić information content (AvgIpc) is 2.56. The van der Waals surface area contributed by atoms with Crippen molar-refractivity contribution in [3.8, 4) is 0 Å². The molecule has 0 bridgehead atoms. The lowest BCUT2D eigenvalue weighted by atomic mass is 9.80. The first kappa shape index (κ1) is 24.9. The zero-order valence-corrected chi connectivity index (χ0v) is 19.5. The highest BCUT2D eigenvalue weighted by Gasteiger charge is 2.23. The molecule has 1 saturated carbocycles. The van der Waals surface area contributed by atoms with Gasteiger partial charge in [0, 0.05) is 32.8 Å². The molecule has 6 heteroatoms. The molecule has 0 saturated heterocycles. The summed E-state index contributed by atoms with van der Waals surface area (Å²) in [6.07, 6.45) is 6.42. The van der Waals surface area contributed by atoms with Crippen molar-refractivity contribution in [3.63, 3.8) is 0 Å². The maximum atomic E-state index is 5.85. The van der Waals surface area contributed by atoms with E-state index in [-0.39, 0.29) is 30.1 Å². The van der Waals surface area contributed by atoms with Gasteiger partial charge in [-0.25, -0.2) is 0 Å². The zero-order chi connectivity index (χ0) is 17.9. The molecule has 1 aliphatic carbocycles. The summed E-state index contributed by atoms with van der Waals surface area (Å²) in [6, 6.07) is 0.554. The Morgan fingerprint density at radius 3 is 2.32 bits per heavy atom. The number of halogens is 1. The molecule has 0 aromatic rings. The van der Waals surface area contributed by atoms with Crippen molar-refractivity contribution in [2.24, 2.45) is 16.8 Å². The van der Waals surface area contributed by atoms with Gasteiger partial charge in [-0.2, -0.15) is 0 Å². The molecule has 5 nitrogen and oxygen atoms in total. The van der Waals surface area contributed by atoms with Crippen molar-refractivity contribution in [1.29, 1.82) is 0 Å². The van der Waals surface area contributed by atoms with Crippen LogP contribution in [0.3, 0.4) is 0 Å². The average molecular weight is 468 g/mol. The number of nitrogens with zero attached hydrogens (tertiary/aromatic N) is 2. The number of rotatable bonds is 9. The molecule has 1 aliphatic rings. The van der Waals surface area contributed by atoms with Gasteiger partial charge in [0.05, 0.1) is 6.10 Å². The van der Waals surface area contributed by atoms with Crippen molar-refractivity contribution < 1.29 is 4.74 Å². The van der Waals surface area contributed by atoms with Crippen molar-refractivity contribution in [2.45, 2.75) is 65.0 Å². The summed E-state index contributed by atoms with van der Waals surface area (Å²) in [5.41, 5.74) is 0. The zero-order valence-electron chi connectivity index (χ0n) is 17.2. The van der Waals surface area contributed by atoms with Gasteiger partial charge < -0.3 is 20.3 Å². The highest BCUT2D eigenvalue weighted by molar-refractivity contribution is 14.0. The minimum absolute atomic E-state index is 0. The first-order chi connectivity index (χ1) is 11.5. The van der Waals surface area contributed by atoms with Gasteiger partial charge >= 0.3 is 0 Å². The van der Waals surface area contributed by atoms with E-state index in [1.807, 2.05) is 7.05 Å². The van der Waals surface area contributed by atoms with E-state index in [1.54, 1.807) is 0 Å². The largest absolute Gasteiger partial charge is 0.377 e. The van der Waals surface area contributed by atoms with Crippen molar-refractivity contribution in [2.75, 3.05) is 40.8 Å². The maximum absolute atomic E-state index is 5.85. The fourth-order valence-corrected chi connectivity index (χ4v) is 3.41. The van der Waals surface area contributed by atoms with E-state index < -0.39 is 0 Å². The lowest BCUT2D eigenvalue weighted by Crippen LogP contribution is -2.47. The van der Waals surface area contributed by atoms with Crippen LogP contribution in [-0.4, -0.2) is 63.8 Å². The van der Waals surface area contributed by atoms with Gasteiger partial charge in [-0.05, 0) is 65.0 Å². The van der Waals surface area contributed by atoms with Crippen LogP contribution in [-0.2, 0) is 4.74 Å². The van der Waals surface area contributed by atoms with Crippen molar-refractivity contribution in [1.82, 2.24) is 15.5 Å². The van der Waals surface area contributed by atoms with Gasteiger partial charge in [0.25, 0.3) is 0 Å². The third kappa shape index (κ3) is 10.6. The summed E-state index contributed by atoms with van der Waals surface area (Å²) < 4.78 is 5.85. The highest BCUT2D eigenvalue weighted by Crippen LogP contribution is 2.29. The fourth-order valence-electron chi connectivity index (χ4n) is 3.41. The van der Waals surface area contributed by atoms with E-state index >= 15 is 0 Å². The number of hydrogen-bond donors (Lipinski definition) is 2. The Kier molecular flexibility index (Phi) is 14.0. The predicted molar refractivity (Wildman–Crippen MR) is 119 cm³/mol. The van der Waals surface area contributed by atoms with E-state index in [4.69, 9.17) is 4.74 Å². The normalized spacial score (nSPS) is 22.6.